The highest BCUT2D eigenvalue weighted by Crippen LogP contribution is 2.40. The SMILES string of the molecule is COC1CN(CCCCNc2ncccc2C#N)CCC1NC(=O)c1cc(Cl)c(N)c2c1OCC2.COC1CN(CCCCNc2ncccc2C#N)CCC1NC(=O)c1cc(Cl)c(N)c2c1OCC2.O. The van der Waals surface area contributed by atoms with Gasteiger partial charge in [0.05, 0.1) is 81.2 Å². The molecular weight excluding hydrogens is 952 g/mol. The number of hydrogen-bond donors (Lipinski definition) is 6. The maximum atomic E-state index is 13.1. The fourth-order valence-corrected chi connectivity index (χ4v) is 9.79. The van der Waals surface area contributed by atoms with Gasteiger partial charge in [-0.2, -0.15) is 10.5 Å². The van der Waals surface area contributed by atoms with E-state index in [0.29, 0.717) is 92.9 Å². The number of methoxy groups -OCH3 is 2. The molecular formula is C50H64Cl2N12O7. The van der Waals surface area contributed by atoms with Crippen molar-refractivity contribution in [2.45, 2.75) is 75.7 Å². The third kappa shape index (κ3) is 13.6. The Morgan fingerprint density at radius 1 is 0.732 bits per heavy atom. The van der Waals surface area contributed by atoms with Crippen LogP contribution in [0.25, 0.3) is 0 Å². The molecule has 71 heavy (non-hydrogen) atoms. The third-order valence-corrected chi connectivity index (χ3v) is 13.8. The average molecular weight is 1020 g/mol. The molecule has 2 saturated heterocycles. The molecule has 19 nitrogen and oxygen atoms in total. The summed E-state index contributed by atoms with van der Waals surface area (Å²) in [4.78, 5) is 39.4. The van der Waals surface area contributed by atoms with Crippen LogP contribution in [0.5, 0.6) is 11.5 Å². The van der Waals surface area contributed by atoms with Gasteiger partial charge in [0, 0.05) is 89.9 Å². The maximum absolute atomic E-state index is 13.1. The van der Waals surface area contributed by atoms with Crippen molar-refractivity contribution in [1.82, 2.24) is 30.4 Å². The van der Waals surface area contributed by atoms with E-state index in [9.17, 15) is 9.59 Å². The minimum absolute atomic E-state index is 0. The van der Waals surface area contributed by atoms with Gasteiger partial charge in [-0.3, -0.25) is 9.59 Å². The van der Waals surface area contributed by atoms with Gasteiger partial charge in [0.1, 0.15) is 35.3 Å². The number of nitrogens with one attached hydrogen (secondary N) is 4. The summed E-state index contributed by atoms with van der Waals surface area (Å²) in [7, 11) is 3.36. The first-order valence-electron chi connectivity index (χ1n) is 23.8. The highest BCUT2D eigenvalue weighted by molar-refractivity contribution is 6.34. The molecule has 6 heterocycles. The lowest BCUT2D eigenvalue weighted by Gasteiger charge is -2.38. The number of rotatable bonds is 18. The van der Waals surface area contributed by atoms with Crippen LogP contribution in [0.4, 0.5) is 23.0 Å². The molecule has 21 heteroatoms. The van der Waals surface area contributed by atoms with Crippen molar-refractivity contribution in [1.29, 1.82) is 10.5 Å². The van der Waals surface area contributed by atoms with Crippen LogP contribution in [0.15, 0.2) is 48.8 Å². The van der Waals surface area contributed by atoms with Gasteiger partial charge in [-0.25, -0.2) is 9.97 Å². The number of nitriles is 2. The molecule has 4 unspecified atom stereocenters. The number of ether oxygens (including phenoxy) is 4. The molecule has 2 amide bonds. The second-order valence-corrected chi connectivity index (χ2v) is 18.4. The number of carbonyl (C=O) groups is 2. The number of nitrogens with two attached hydrogens (primary N) is 2. The van der Waals surface area contributed by atoms with Crippen LogP contribution in [0, 0.1) is 22.7 Å². The number of likely N-dealkylation sites (tertiary alicyclic amines) is 2. The molecule has 4 aromatic rings. The first-order chi connectivity index (χ1) is 34.0. The quantitative estimate of drug-likeness (QED) is 0.0574. The first-order valence-corrected chi connectivity index (χ1v) is 24.6. The molecule has 4 atom stereocenters. The predicted molar refractivity (Wildman–Crippen MR) is 273 cm³/mol. The van der Waals surface area contributed by atoms with Gasteiger partial charge in [0.2, 0.25) is 0 Å². The lowest BCUT2D eigenvalue weighted by atomic mass is 9.99. The number of anilines is 4. The van der Waals surface area contributed by atoms with Crippen molar-refractivity contribution in [2.24, 2.45) is 0 Å². The number of nitrogen functional groups attached to an aromatic ring is 2. The lowest BCUT2D eigenvalue weighted by Crippen LogP contribution is -2.54. The zero-order valence-corrected chi connectivity index (χ0v) is 41.7. The van der Waals surface area contributed by atoms with Crippen LogP contribution in [0.2, 0.25) is 10.0 Å². The summed E-state index contributed by atoms with van der Waals surface area (Å²) >= 11 is 12.5. The molecule has 0 saturated carbocycles. The second-order valence-electron chi connectivity index (χ2n) is 17.6. The predicted octanol–water partition coefficient (Wildman–Crippen LogP) is 4.85. The molecule has 4 aliphatic heterocycles. The number of hydrogen-bond acceptors (Lipinski definition) is 16. The maximum Gasteiger partial charge on any atom is 0.255 e. The molecule has 2 fully saturated rings. The normalized spacial score (nSPS) is 19.2. The molecule has 2 aromatic carbocycles. The number of nitrogens with zero attached hydrogens (tertiary/aromatic N) is 6. The van der Waals surface area contributed by atoms with Gasteiger partial charge in [0.25, 0.3) is 11.8 Å². The molecule has 380 valence electrons. The Morgan fingerprint density at radius 3 is 1.55 bits per heavy atom. The zero-order valence-electron chi connectivity index (χ0n) is 40.2. The van der Waals surface area contributed by atoms with E-state index < -0.39 is 0 Å². The van der Waals surface area contributed by atoms with Gasteiger partial charge < -0.3 is 67.0 Å². The van der Waals surface area contributed by atoms with Crippen LogP contribution in [0.3, 0.4) is 0 Å². The number of carbonyl (C=O) groups excluding carboxylic acids is 2. The van der Waals surface area contributed by atoms with Crippen molar-refractivity contribution in [3.63, 3.8) is 0 Å². The summed E-state index contributed by atoms with van der Waals surface area (Å²) < 4.78 is 22.8. The fourth-order valence-electron chi connectivity index (χ4n) is 9.35. The van der Waals surface area contributed by atoms with Crippen LogP contribution in [-0.2, 0) is 22.3 Å². The van der Waals surface area contributed by atoms with Gasteiger partial charge in [-0.1, -0.05) is 23.2 Å². The van der Waals surface area contributed by atoms with Gasteiger partial charge in [-0.15, -0.1) is 0 Å². The van der Waals surface area contributed by atoms with E-state index in [-0.39, 0.29) is 41.6 Å². The van der Waals surface area contributed by atoms with Gasteiger partial charge in [-0.05, 0) is 88.0 Å². The van der Waals surface area contributed by atoms with E-state index >= 15 is 0 Å². The van der Waals surface area contributed by atoms with E-state index in [0.717, 1.165) is 102 Å². The fraction of sp³-hybridized carbons (Fsp3) is 0.480. The standard InChI is InChI=1S/2C25H31ClN6O3.H2O/c2*1-34-21-15-32(10-3-2-8-29-24-16(14-27)5-4-9-30-24)11-6-20(21)31-25(33)18-13-19(26)22(28)17-7-12-35-23(17)18;/h2*4-5,9,13,20-21H,2-3,6-8,10-12,15,28H2,1H3,(H,29,30)(H,31,33);1H2. The number of benzene rings is 2. The number of pyridine rings is 2. The smallest absolute Gasteiger partial charge is 0.255 e. The van der Waals surface area contributed by atoms with E-state index in [4.69, 9.17) is 64.1 Å². The molecule has 8 rings (SSSR count). The van der Waals surface area contributed by atoms with Gasteiger partial charge in [0.15, 0.2) is 0 Å². The Labute approximate surface area is 424 Å². The minimum Gasteiger partial charge on any atom is -0.492 e. The number of unbranched alkanes of at least 4 members (excludes halogenated alkanes) is 2. The van der Waals surface area contributed by atoms with Crippen molar-refractivity contribution < 1.29 is 34.0 Å². The van der Waals surface area contributed by atoms with Crippen LogP contribution < -0.4 is 42.2 Å². The number of fused-ring (bicyclic) bond motifs is 2. The van der Waals surface area contributed by atoms with Crippen molar-refractivity contribution >= 4 is 58.0 Å². The van der Waals surface area contributed by atoms with E-state index in [1.165, 1.54) is 0 Å². The number of amides is 2. The molecule has 4 aliphatic rings. The van der Waals surface area contributed by atoms with E-state index in [1.54, 1.807) is 63.0 Å². The second kappa shape index (κ2) is 26.3. The Bertz CT molecular complexity index is 2390. The molecule has 0 spiro atoms. The van der Waals surface area contributed by atoms with Crippen LogP contribution >= 0.6 is 23.2 Å². The summed E-state index contributed by atoms with van der Waals surface area (Å²) in [6.45, 7) is 7.59. The molecule has 2 aromatic heterocycles. The number of halogens is 2. The largest absolute Gasteiger partial charge is 0.492 e. The zero-order chi connectivity index (χ0) is 49.6. The Balaban J connectivity index is 0.000000229. The highest BCUT2D eigenvalue weighted by Gasteiger charge is 2.34. The lowest BCUT2D eigenvalue weighted by molar-refractivity contribution is 0.00606. The summed E-state index contributed by atoms with van der Waals surface area (Å²) in [5, 5.41) is 31.8. The number of aromatic nitrogens is 2. The van der Waals surface area contributed by atoms with Crippen molar-refractivity contribution in [3.05, 3.63) is 92.2 Å². The summed E-state index contributed by atoms with van der Waals surface area (Å²) in [6.07, 6.45) is 9.92. The highest BCUT2D eigenvalue weighted by atomic mass is 35.5. The monoisotopic (exact) mass is 1010 g/mol. The summed E-state index contributed by atoms with van der Waals surface area (Å²) in [6, 6.07) is 14.3. The average Bonchev–Trinajstić information content (AvgIpc) is 4.09. The molecule has 0 radical (unpaired) electrons. The molecule has 0 bridgehead atoms. The first kappa shape index (κ1) is 54.2. The van der Waals surface area contributed by atoms with Crippen molar-refractivity contribution in [2.75, 3.05) is 102 Å². The third-order valence-electron chi connectivity index (χ3n) is 13.2. The Kier molecular flexibility index (Phi) is 20.1. The molecule has 10 N–H and O–H groups in total. The van der Waals surface area contributed by atoms with Crippen molar-refractivity contribution in [3.8, 4) is 23.6 Å². The van der Waals surface area contributed by atoms with Crippen LogP contribution in [0.1, 0.15) is 81.5 Å². The Hall–Kier alpha value is -6.16. The van der Waals surface area contributed by atoms with E-state index in [2.05, 4.69) is 53.2 Å². The van der Waals surface area contributed by atoms with E-state index in [1.807, 2.05) is 0 Å². The summed E-state index contributed by atoms with van der Waals surface area (Å²) in [5.41, 5.74) is 16.7. The Morgan fingerprint density at radius 2 is 1.15 bits per heavy atom. The summed E-state index contributed by atoms with van der Waals surface area (Å²) in [5.74, 6) is 1.90. The minimum atomic E-state index is -0.220. The topological polar surface area (TPSA) is 283 Å². The number of piperidine rings is 2. The van der Waals surface area contributed by atoms with Crippen LogP contribution in [-0.4, -0.2) is 141 Å². The molecule has 0 aliphatic carbocycles. The van der Waals surface area contributed by atoms with Gasteiger partial charge >= 0.3 is 0 Å².